The third-order valence-electron chi connectivity index (χ3n) is 1.76. The minimum atomic E-state index is -4.35. The van der Waals surface area contributed by atoms with E-state index in [-0.39, 0.29) is 5.75 Å². The van der Waals surface area contributed by atoms with Crippen LogP contribution in [0.15, 0.2) is 18.2 Å². The van der Waals surface area contributed by atoms with Crippen LogP contribution in [0.3, 0.4) is 0 Å². The standard InChI is InChI=1S/C9H10F3NO/c1-13-7-3-6(9(10,11)12)4-8(5-7)14-2/h3-5,13H,1-2H3. The number of hydrogen-bond donors (Lipinski definition) is 1. The maximum atomic E-state index is 12.3. The number of benzene rings is 1. The van der Waals surface area contributed by atoms with Crippen molar-refractivity contribution in [2.24, 2.45) is 0 Å². The summed E-state index contributed by atoms with van der Waals surface area (Å²) in [7, 11) is 2.88. The fourth-order valence-electron chi connectivity index (χ4n) is 1.02. The minimum Gasteiger partial charge on any atom is -0.497 e. The van der Waals surface area contributed by atoms with Crippen molar-refractivity contribution in [2.45, 2.75) is 6.18 Å². The molecule has 2 nitrogen and oxygen atoms in total. The summed E-state index contributed by atoms with van der Waals surface area (Å²) < 4.78 is 41.8. The largest absolute Gasteiger partial charge is 0.497 e. The molecule has 0 saturated carbocycles. The van der Waals surface area contributed by atoms with Crippen LogP contribution in [-0.2, 0) is 6.18 Å². The summed E-state index contributed by atoms with van der Waals surface area (Å²) in [4.78, 5) is 0. The van der Waals surface area contributed by atoms with E-state index >= 15 is 0 Å². The van der Waals surface area contributed by atoms with Crippen LogP contribution in [0.1, 0.15) is 5.56 Å². The van der Waals surface area contributed by atoms with Crippen LogP contribution < -0.4 is 10.1 Å². The van der Waals surface area contributed by atoms with Gasteiger partial charge in [0.05, 0.1) is 12.7 Å². The highest BCUT2D eigenvalue weighted by Crippen LogP contribution is 2.33. The molecule has 1 aromatic rings. The van der Waals surface area contributed by atoms with E-state index in [1.54, 1.807) is 7.05 Å². The average molecular weight is 205 g/mol. The van der Waals surface area contributed by atoms with Gasteiger partial charge in [0.15, 0.2) is 0 Å². The Balaban J connectivity index is 3.17. The first-order valence-corrected chi connectivity index (χ1v) is 3.91. The van der Waals surface area contributed by atoms with Crippen molar-refractivity contribution in [3.05, 3.63) is 23.8 Å². The van der Waals surface area contributed by atoms with Crippen LogP contribution in [0, 0.1) is 0 Å². The highest BCUT2D eigenvalue weighted by Gasteiger charge is 2.31. The van der Waals surface area contributed by atoms with E-state index in [0.717, 1.165) is 12.1 Å². The lowest BCUT2D eigenvalue weighted by Gasteiger charge is -2.11. The van der Waals surface area contributed by atoms with Crippen LogP contribution in [0.2, 0.25) is 0 Å². The highest BCUT2D eigenvalue weighted by molar-refractivity contribution is 5.51. The second-order valence-corrected chi connectivity index (χ2v) is 2.70. The van der Waals surface area contributed by atoms with E-state index in [2.05, 4.69) is 5.32 Å². The molecule has 0 fully saturated rings. The van der Waals surface area contributed by atoms with Crippen LogP contribution in [0.4, 0.5) is 18.9 Å². The topological polar surface area (TPSA) is 21.3 Å². The fraction of sp³-hybridized carbons (Fsp3) is 0.333. The first-order chi connectivity index (χ1) is 6.47. The number of anilines is 1. The number of rotatable bonds is 2. The Kier molecular flexibility index (Phi) is 2.88. The van der Waals surface area contributed by atoms with Crippen LogP contribution in [0.5, 0.6) is 5.75 Å². The van der Waals surface area contributed by atoms with Crippen LogP contribution in [-0.4, -0.2) is 14.2 Å². The monoisotopic (exact) mass is 205 g/mol. The molecule has 0 atom stereocenters. The Bertz CT molecular complexity index is 300. The lowest BCUT2D eigenvalue weighted by molar-refractivity contribution is -0.137. The van der Waals surface area contributed by atoms with Crippen molar-refractivity contribution in [1.29, 1.82) is 0 Å². The zero-order chi connectivity index (χ0) is 10.8. The van der Waals surface area contributed by atoms with Gasteiger partial charge in [-0.25, -0.2) is 0 Å². The number of nitrogens with one attached hydrogen (secondary N) is 1. The normalized spacial score (nSPS) is 11.2. The molecule has 0 saturated heterocycles. The van der Waals surface area contributed by atoms with E-state index in [4.69, 9.17) is 4.74 Å². The van der Waals surface area contributed by atoms with E-state index in [1.807, 2.05) is 0 Å². The number of methoxy groups -OCH3 is 1. The number of hydrogen-bond acceptors (Lipinski definition) is 2. The summed E-state index contributed by atoms with van der Waals surface area (Å²) in [5, 5.41) is 2.63. The van der Waals surface area contributed by atoms with Crippen molar-refractivity contribution in [2.75, 3.05) is 19.5 Å². The molecular formula is C9H10F3NO. The van der Waals surface area contributed by atoms with E-state index in [9.17, 15) is 13.2 Å². The van der Waals surface area contributed by atoms with Gasteiger partial charge in [0.25, 0.3) is 0 Å². The average Bonchev–Trinajstić information content (AvgIpc) is 2.15. The Morgan fingerprint density at radius 3 is 2.29 bits per heavy atom. The summed E-state index contributed by atoms with van der Waals surface area (Å²) in [5.74, 6) is 0.184. The molecule has 0 aliphatic heterocycles. The molecule has 0 heterocycles. The van der Waals surface area contributed by atoms with Crippen LogP contribution >= 0.6 is 0 Å². The number of halogens is 3. The Labute approximate surface area is 79.7 Å². The lowest BCUT2D eigenvalue weighted by Crippen LogP contribution is -2.06. The van der Waals surface area contributed by atoms with Crippen molar-refractivity contribution < 1.29 is 17.9 Å². The molecule has 0 bridgehead atoms. The van der Waals surface area contributed by atoms with Gasteiger partial charge in [0.2, 0.25) is 0 Å². The zero-order valence-electron chi connectivity index (χ0n) is 7.77. The minimum absolute atomic E-state index is 0.184. The Morgan fingerprint density at radius 1 is 1.21 bits per heavy atom. The first kappa shape index (κ1) is 10.7. The fourth-order valence-corrected chi connectivity index (χ4v) is 1.02. The van der Waals surface area contributed by atoms with Gasteiger partial charge in [0.1, 0.15) is 5.75 Å². The van der Waals surface area contributed by atoms with Gasteiger partial charge in [-0.3, -0.25) is 0 Å². The molecule has 0 amide bonds. The molecular weight excluding hydrogens is 195 g/mol. The molecule has 0 unspecified atom stereocenters. The number of alkyl halides is 3. The molecule has 1 N–H and O–H groups in total. The van der Waals surface area contributed by atoms with Gasteiger partial charge in [-0.05, 0) is 12.1 Å². The van der Waals surface area contributed by atoms with Gasteiger partial charge in [-0.1, -0.05) is 0 Å². The maximum absolute atomic E-state index is 12.3. The van der Waals surface area contributed by atoms with E-state index in [0.29, 0.717) is 5.69 Å². The molecule has 0 spiro atoms. The molecule has 0 aromatic heterocycles. The van der Waals surface area contributed by atoms with Crippen molar-refractivity contribution >= 4 is 5.69 Å². The third-order valence-corrected chi connectivity index (χ3v) is 1.76. The molecule has 1 aromatic carbocycles. The predicted octanol–water partition coefficient (Wildman–Crippen LogP) is 2.76. The summed E-state index contributed by atoms with van der Waals surface area (Å²) in [5.41, 5.74) is -0.349. The van der Waals surface area contributed by atoms with Crippen molar-refractivity contribution in [3.8, 4) is 5.75 Å². The summed E-state index contributed by atoms with van der Waals surface area (Å²) >= 11 is 0. The molecule has 78 valence electrons. The summed E-state index contributed by atoms with van der Waals surface area (Å²) in [6, 6.07) is 3.48. The molecule has 14 heavy (non-hydrogen) atoms. The Morgan fingerprint density at radius 2 is 1.86 bits per heavy atom. The SMILES string of the molecule is CNc1cc(OC)cc(C(F)(F)F)c1. The second-order valence-electron chi connectivity index (χ2n) is 2.70. The zero-order valence-corrected chi connectivity index (χ0v) is 7.77. The lowest BCUT2D eigenvalue weighted by atomic mass is 10.2. The molecule has 0 aliphatic carbocycles. The smallest absolute Gasteiger partial charge is 0.416 e. The Hall–Kier alpha value is -1.39. The summed E-state index contributed by atoms with van der Waals surface area (Å²) in [6.07, 6.45) is -4.35. The molecule has 1 rings (SSSR count). The predicted molar refractivity (Wildman–Crippen MR) is 47.5 cm³/mol. The van der Waals surface area contributed by atoms with E-state index < -0.39 is 11.7 Å². The van der Waals surface area contributed by atoms with Crippen molar-refractivity contribution in [3.63, 3.8) is 0 Å². The van der Waals surface area contributed by atoms with Gasteiger partial charge in [0, 0.05) is 18.8 Å². The molecule has 0 radical (unpaired) electrons. The van der Waals surface area contributed by atoms with Gasteiger partial charge in [-0.15, -0.1) is 0 Å². The maximum Gasteiger partial charge on any atom is 0.416 e. The molecule has 0 aliphatic rings. The second kappa shape index (κ2) is 3.77. The van der Waals surface area contributed by atoms with Gasteiger partial charge < -0.3 is 10.1 Å². The summed E-state index contributed by atoms with van der Waals surface area (Å²) in [6.45, 7) is 0. The highest BCUT2D eigenvalue weighted by atomic mass is 19.4. The van der Waals surface area contributed by atoms with Gasteiger partial charge >= 0.3 is 6.18 Å². The number of ether oxygens (including phenoxy) is 1. The first-order valence-electron chi connectivity index (χ1n) is 3.91. The quantitative estimate of drug-likeness (QED) is 0.801. The molecule has 5 heteroatoms. The van der Waals surface area contributed by atoms with E-state index in [1.165, 1.54) is 13.2 Å². The van der Waals surface area contributed by atoms with Crippen molar-refractivity contribution in [1.82, 2.24) is 0 Å². The third kappa shape index (κ3) is 2.31. The van der Waals surface area contributed by atoms with Crippen LogP contribution in [0.25, 0.3) is 0 Å². The van der Waals surface area contributed by atoms with Gasteiger partial charge in [-0.2, -0.15) is 13.2 Å².